The van der Waals surface area contributed by atoms with Crippen molar-refractivity contribution in [2.45, 2.75) is 39.0 Å². The van der Waals surface area contributed by atoms with E-state index in [1.54, 1.807) is 6.07 Å². The molecule has 0 saturated heterocycles. The van der Waals surface area contributed by atoms with Crippen LogP contribution in [-0.2, 0) is 6.42 Å². The Kier molecular flexibility index (Phi) is 5.76. The van der Waals surface area contributed by atoms with Gasteiger partial charge in [0.1, 0.15) is 5.82 Å². The zero-order chi connectivity index (χ0) is 10.9. The van der Waals surface area contributed by atoms with Crippen molar-refractivity contribution in [2.24, 2.45) is 0 Å². The van der Waals surface area contributed by atoms with E-state index < -0.39 is 0 Å². The van der Waals surface area contributed by atoms with E-state index in [1.807, 2.05) is 12.1 Å². The summed E-state index contributed by atoms with van der Waals surface area (Å²) in [6, 6.07) is 6.96. The van der Waals surface area contributed by atoms with Gasteiger partial charge in [-0.25, -0.2) is 4.39 Å². The number of hydrogen-bond donors (Lipinski definition) is 0. The van der Waals surface area contributed by atoms with Crippen LogP contribution < -0.4 is 0 Å². The Hall–Kier alpha value is -1.11. The van der Waals surface area contributed by atoms with Gasteiger partial charge in [0.25, 0.3) is 0 Å². The molecule has 1 heteroatoms. The fourth-order valence-electron chi connectivity index (χ4n) is 1.50. The van der Waals surface area contributed by atoms with Crippen LogP contribution in [-0.4, -0.2) is 0 Å². The van der Waals surface area contributed by atoms with Gasteiger partial charge in [-0.15, -0.1) is 0 Å². The molecule has 0 spiro atoms. The maximum atomic E-state index is 13.2. The van der Waals surface area contributed by atoms with Gasteiger partial charge in [0.05, 0.1) is 0 Å². The van der Waals surface area contributed by atoms with Gasteiger partial charge in [-0.05, 0) is 30.9 Å². The van der Waals surface area contributed by atoms with E-state index in [4.69, 9.17) is 0 Å². The molecule has 0 aliphatic rings. The van der Waals surface area contributed by atoms with Crippen LogP contribution >= 0.6 is 0 Å². The second kappa shape index (κ2) is 7.22. The van der Waals surface area contributed by atoms with Crippen molar-refractivity contribution in [3.8, 4) is 0 Å². The Morgan fingerprint density at radius 2 is 1.93 bits per heavy atom. The number of benzene rings is 1. The van der Waals surface area contributed by atoms with Gasteiger partial charge in [-0.1, -0.05) is 50.1 Å². The summed E-state index contributed by atoms with van der Waals surface area (Å²) in [5, 5.41) is 0. The third-order valence-corrected chi connectivity index (χ3v) is 2.44. The molecule has 1 aromatic rings. The lowest BCUT2D eigenvalue weighted by Gasteiger charge is -1.97. The smallest absolute Gasteiger partial charge is 0.126 e. The molecule has 0 N–H and O–H groups in total. The Morgan fingerprint density at radius 3 is 2.67 bits per heavy atom. The molecule has 0 saturated carbocycles. The minimum absolute atomic E-state index is 0.101. The molecule has 0 aliphatic heterocycles. The lowest BCUT2D eigenvalue weighted by Crippen LogP contribution is -1.86. The van der Waals surface area contributed by atoms with Crippen molar-refractivity contribution in [1.82, 2.24) is 0 Å². The largest absolute Gasteiger partial charge is 0.207 e. The third kappa shape index (κ3) is 4.78. The Labute approximate surface area is 91.8 Å². The molecule has 0 heterocycles. The van der Waals surface area contributed by atoms with E-state index in [-0.39, 0.29) is 5.82 Å². The summed E-state index contributed by atoms with van der Waals surface area (Å²) in [7, 11) is 0. The molecule has 0 fully saturated rings. The van der Waals surface area contributed by atoms with E-state index in [2.05, 4.69) is 19.1 Å². The zero-order valence-corrected chi connectivity index (χ0v) is 9.38. The molecule has 0 unspecified atom stereocenters. The average molecular weight is 206 g/mol. The van der Waals surface area contributed by atoms with Crippen molar-refractivity contribution in [2.75, 3.05) is 0 Å². The molecule has 0 radical (unpaired) electrons. The molecule has 0 aromatic heterocycles. The molecule has 15 heavy (non-hydrogen) atoms. The SMILES string of the molecule is CCCCC/C=C/Cc1ccccc1F. The van der Waals surface area contributed by atoms with Gasteiger partial charge in [0.2, 0.25) is 0 Å². The Balaban J connectivity index is 2.28. The standard InChI is InChI=1S/C14H19F/c1-2-3-4-5-6-7-10-13-11-8-9-12-14(13)15/h6-9,11-12H,2-5,10H2,1H3/b7-6+. The Bertz CT molecular complexity index is 302. The van der Waals surface area contributed by atoms with Crippen LogP contribution in [0.1, 0.15) is 38.2 Å². The second-order valence-electron chi connectivity index (χ2n) is 3.76. The van der Waals surface area contributed by atoms with Crippen molar-refractivity contribution >= 4 is 0 Å². The number of rotatable bonds is 6. The number of hydrogen-bond acceptors (Lipinski definition) is 0. The van der Waals surface area contributed by atoms with E-state index in [1.165, 1.54) is 25.3 Å². The molecule has 0 bridgehead atoms. The minimum atomic E-state index is -0.101. The number of halogens is 1. The normalized spacial score (nSPS) is 11.1. The first-order chi connectivity index (χ1) is 7.34. The molecular weight excluding hydrogens is 187 g/mol. The summed E-state index contributed by atoms with van der Waals surface area (Å²) in [5.41, 5.74) is 0.782. The van der Waals surface area contributed by atoms with Crippen LogP contribution in [0.2, 0.25) is 0 Å². The van der Waals surface area contributed by atoms with E-state index in [9.17, 15) is 4.39 Å². The highest BCUT2D eigenvalue weighted by Gasteiger charge is 1.96. The summed E-state index contributed by atoms with van der Waals surface area (Å²) in [5.74, 6) is -0.101. The third-order valence-electron chi connectivity index (χ3n) is 2.44. The predicted molar refractivity (Wildman–Crippen MR) is 63.4 cm³/mol. The van der Waals surface area contributed by atoms with Crippen LogP contribution in [0.25, 0.3) is 0 Å². The van der Waals surface area contributed by atoms with Crippen LogP contribution in [0, 0.1) is 5.82 Å². The van der Waals surface area contributed by atoms with E-state index in [0.717, 1.165) is 12.0 Å². The summed E-state index contributed by atoms with van der Waals surface area (Å²) in [6.07, 6.45) is 9.81. The molecule has 82 valence electrons. The zero-order valence-electron chi connectivity index (χ0n) is 9.38. The van der Waals surface area contributed by atoms with Crippen molar-refractivity contribution < 1.29 is 4.39 Å². The lowest BCUT2D eigenvalue weighted by atomic mass is 10.1. The van der Waals surface area contributed by atoms with Crippen LogP contribution in [0.5, 0.6) is 0 Å². The van der Waals surface area contributed by atoms with Gasteiger partial charge in [0.15, 0.2) is 0 Å². The van der Waals surface area contributed by atoms with Crippen LogP contribution in [0.3, 0.4) is 0 Å². The first-order valence-corrected chi connectivity index (χ1v) is 5.73. The van der Waals surface area contributed by atoms with E-state index >= 15 is 0 Å². The van der Waals surface area contributed by atoms with Gasteiger partial charge < -0.3 is 0 Å². The van der Waals surface area contributed by atoms with Crippen LogP contribution in [0.4, 0.5) is 4.39 Å². The van der Waals surface area contributed by atoms with Crippen molar-refractivity contribution in [1.29, 1.82) is 0 Å². The number of allylic oxidation sites excluding steroid dienone is 2. The fraction of sp³-hybridized carbons (Fsp3) is 0.429. The molecule has 0 amide bonds. The molecule has 0 aliphatic carbocycles. The molecule has 1 aromatic carbocycles. The summed E-state index contributed by atoms with van der Waals surface area (Å²) < 4.78 is 13.2. The maximum Gasteiger partial charge on any atom is 0.126 e. The van der Waals surface area contributed by atoms with Gasteiger partial charge in [-0.2, -0.15) is 0 Å². The quantitative estimate of drug-likeness (QED) is 0.474. The lowest BCUT2D eigenvalue weighted by molar-refractivity contribution is 0.614. The number of unbranched alkanes of at least 4 members (excludes halogenated alkanes) is 3. The van der Waals surface area contributed by atoms with Crippen molar-refractivity contribution in [3.05, 3.63) is 47.8 Å². The highest BCUT2D eigenvalue weighted by atomic mass is 19.1. The molecule has 0 atom stereocenters. The highest BCUT2D eigenvalue weighted by Crippen LogP contribution is 2.08. The van der Waals surface area contributed by atoms with E-state index in [0.29, 0.717) is 6.42 Å². The Morgan fingerprint density at radius 1 is 1.13 bits per heavy atom. The van der Waals surface area contributed by atoms with Gasteiger partial charge in [0, 0.05) is 0 Å². The first kappa shape index (κ1) is 12.0. The van der Waals surface area contributed by atoms with Gasteiger partial charge in [-0.3, -0.25) is 0 Å². The fourth-order valence-corrected chi connectivity index (χ4v) is 1.50. The summed E-state index contributed by atoms with van der Waals surface area (Å²) >= 11 is 0. The average Bonchev–Trinajstić information content (AvgIpc) is 2.25. The monoisotopic (exact) mass is 206 g/mol. The minimum Gasteiger partial charge on any atom is -0.207 e. The summed E-state index contributed by atoms with van der Waals surface area (Å²) in [4.78, 5) is 0. The highest BCUT2D eigenvalue weighted by molar-refractivity contribution is 5.19. The van der Waals surface area contributed by atoms with Crippen LogP contribution in [0.15, 0.2) is 36.4 Å². The summed E-state index contributed by atoms with van der Waals surface area (Å²) in [6.45, 7) is 2.20. The predicted octanol–water partition coefficient (Wildman–Crippen LogP) is 4.50. The maximum absolute atomic E-state index is 13.2. The first-order valence-electron chi connectivity index (χ1n) is 5.73. The van der Waals surface area contributed by atoms with Crippen molar-refractivity contribution in [3.63, 3.8) is 0 Å². The molecular formula is C14H19F. The molecule has 0 nitrogen and oxygen atoms in total. The van der Waals surface area contributed by atoms with Gasteiger partial charge >= 0.3 is 0 Å². The molecule has 1 rings (SSSR count). The topological polar surface area (TPSA) is 0 Å². The second-order valence-corrected chi connectivity index (χ2v) is 3.76.